The number of nitrogens with zero attached hydrogens (tertiary/aromatic N) is 1. The van der Waals surface area contributed by atoms with E-state index in [1.54, 1.807) is 0 Å². The summed E-state index contributed by atoms with van der Waals surface area (Å²) in [6, 6.07) is 12.5. The van der Waals surface area contributed by atoms with E-state index in [1.807, 2.05) is 26.0 Å². The molecular weight excluding hydrogens is 250 g/mol. The van der Waals surface area contributed by atoms with E-state index in [0.29, 0.717) is 0 Å². The van der Waals surface area contributed by atoms with E-state index in [2.05, 4.69) is 45.2 Å². The van der Waals surface area contributed by atoms with Crippen LogP contribution in [-0.4, -0.2) is 4.98 Å². The van der Waals surface area contributed by atoms with Gasteiger partial charge >= 0.3 is 0 Å². The summed E-state index contributed by atoms with van der Waals surface area (Å²) in [7, 11) is 0. The van der Waals surface area contributed by atoms with Crippen molar-refractivity contribution in [1.82, 2.24) is 4.98 Å². The standard InChI is InChI=1S/C13H12BrN/c1-9-6-12(7-10(2)15-9)11-4-3-5-13(14)8-11/h3-8H,1-2H3. The summed E-state index contributed by atoms with van der Waals surface area (Å²) in [5, 5.41) is 0. The second kappa shape index (κ2) is 4.15. The zero-order valence-corrected chi connectivity index (χ0v) is 10.4. The van der Waals surface area contributed by atoms with Crippen molar-refractivity contribution in [2.75, 3.05) is 0 Å². The lowest BCUT2D eigenvalue weighted by atomic mass is 10.1. The highest BCUT2D eigenvalue weighted by atomic mass is 79.9. The molecule has 15 heavy (non-hydrogen) atoms. The summed E-state index contributed by atoms with van der Waals surface area (Å²) in [6.07, 6.45) is 0. The van der Waals surface area contributed by atoms with Crippen LogP contribution in [0.3, 0.4) is 0 Å². The van der Waals surface area contributed by atoms with E-state index in [9.17, 15) is 0 Å². The highest BCUT2D eigenvalue weighted by molar-refractivity contribution is 9.10. The van der Waals surface area contributed by atoms with Crippen molar-refractivity contribution in [2.45, 2.75) is 13.8 Å². The first kappa shape index (κ1) is 10.4. The average Bonchev–Trinajstić information content (AvgIpc) is 2.16. The predicted octanol–water partition coefficient (Wildman–Crippen LogP) is 4.13. The van der Waals surface area contributed by atoms with Crippen molar-refractivity contribution < 1.29 is 0 Å². The van der Waals surface area contributed by atoms with E-state index in [-0.39, 0.29) is 0 Å². The predicted molar refractivity (Wildman–Crippen MR) is 66.8 cm³/mol. The van der Waals surface area contributed by atoms with E-state index in [1.165, 1.54) is 11.1 Å². The molecule has 0 fully saturated rings. The van der Waals surface area contributed by atoms with Crippen LogP contribution in [0.4, 0.5) is 0 Å². The fourth-order valence-electron chi connectivity index (χ4n) is 1.67. The van der Waals surface area contributed by atoms with Crippen molar-refractivity contribution in [2.24, 2.45) is 0 Å². The van der Waals surface area contributed by atoms with Gasteiger partial charge in [0.25, 0.3) is 0 Å². The molecule has 0 bridgehead atoms. The number of halogens is 1. The van der Waals surface area contributed by atoms with Crippen molar-refractivity contribution >= 4 is 15.9 Å². The average molecular weight is 262 g/mol. The minimum atomic E-state index is 1.06. The molecule has 0 saturated heterocycles. The Morgan fingerprint density at radius 2 is 1.60 bits per heavy atom. The molecule has 0 N–H and O–H groups in total. The zero-order valence-electron chi connectivity index (χ0n) is 8.79. The number of hydrogen-bond donors (Lipinski definition) is 0. The maximum atomic E-state index is 4.37. The second-order valence-electron chi connectivity index (χ2n) is 3.65. The van der Waals surface area contributed by atoms with Crippen molar-refractivity contribution in [3.05, 3.63) is 52.3 Å². The fourth-order valence-corrected chi connectivity index (χ4v) is 2.07. The minimum absolute atomic E-state index is 1.06. The molecule has 0 spiro atoms. The molecular formula is C13H12BrN. The van der Waals surface area contributed by atoms with Crippen LogP contribution < -0.4 is 0 Å². The van der Waals surface area contributed by atoms with Crippen LogP contribution in [0.2, 0.25) is 0 Å². The summed E-state index contributed by atoms with van der Waals surface area (Å²) >= 11 is 3.48. The normalized spacial score (nSPS) is 10.3. The smallest absolute Gasteiger partial charge is 0.0382 e. The van der Waals surface area contributed by atoms with E-state index in [0.717, 1.165) is 15.9 Å². The summed E-state index contributed by atoms with van der Waals surface area (Å²) < 4.78 is 1.10. The minimum Gasteiger partial charge on any atom is -0.258 e. The Morgan fingerprint density at radius 1 is 0.933 bits per heavy atom. The van der Waals surface area contributed by atoms with Gasteiger partial charge in [-0.1, -0.05) is 28.1 Å². The molecule has 0 aliphatic carbocycles. The molecule has 0 aliphatic rings. The first-order valence-corrected chi connectivity index (χ1v) is 5.66. The fraction of sp³-hybridized carbons (Fsp3) is 0.154. The molecule has 0 unspecified atom stereocenters. The Balaban J connectivity index is 2.54. The third-order valence-corrected chi connectivity index (χ3v) is 2.73. The van der Waals surface area contributed by atoms with Crippen LogP contribution in [-0.2, 0) is 0 Å². The van der Waals surface area contributed by atoms with Crippen molar-refractivity contribution in [3.8, 4) is 11.1 Å². The van der Waals surface area contributed by atoms with Crippen molar-refractivity contribution in [3.63, 3.8) is 0 Å². The van der Waals surface area contributed by atoms with Gasteiger partial charge in [-0.2, -0.15) is 0 Å². The van der Waals surface area contributed by atoms with Gasteiger partial charge in [-0.05, 0) is 49.2 Å². The Kier molecular flexibility index (Phi) is 2.87. The van der Waals surface area contributed by atoms with E-state index >= 15 is 0 Å². The largest absolute Gasteiger partial charge is 0.258 e. The number of pyridine rings is 1. The molecule has 0 radical (unpaired) electrons. The topological polar surface area (TPSA) is 12.9 Å². The first-order chi connectivity index (χ1) is 7.15. The summed E-state index contributed by atoms with van der Waals surface area (Å²) in [4.78, 5) is 4.37. The van der Waals surface area contributed by atoms with Gasteiger partial charge in [-0.3, -0.25) is 4.98 Å². The quantitative estimate of drug-likeness (QED) is 0.753. The van der Waals surface area contributed by atoms with E-state index < -0.39 is 0 Å². The van der Waals surface area contributed by atoms with Gasteiger partial charge in [0.05, 0.1) is 0 Å². The maximum absolute atomic E-state index is 4.37. The molecule has 1 nitrogen and oxygen atoms in total. The number of aromatic nitrogens is 1. The molecule has 0 amide bonds. The van der Waals surface area contributed by atoms with Crippen LogP contribution in [0.25, 0.3) is 11.1 Å². The van der Waals surface area contributed by atoms with Gasteiger partial charge in [-0.25, -0.2) is 0 Å². The van der Waals surface area contributed by atoms with Gasteiger partial charge < -0.3 is 0 Å². The Morgan fingerprint density at radius 3 is 2.20 bits per heavy atom. The third kappa shape index (κ3) is 2.45. The van der Waals surface area contributed by atoms with Crippen LogP contribution >= 0.6 is 15.9 Å². The van der Waals surface area contributed by atoms with Gasteiger partial charge in [-0.15, -0.1) is 0 Å². The summed E-state index contributed by atoms with van der Waals surface area (Å²) in [5.74, 6) is 0. The summed E-state index contributed by atoms with van der Waals surface area (Å²) in [5.41, 5.74) is 4.56. The lowest BCUT2D eigenvalue weighted by Crippen LogP contribution is -1.87. The Labute approximate surface area is 98.3 Å². The maximum Gasteiger partial charge on any atom is 0.0382 e. The number of rotatable bonds is 1. The third-order valence-electron chi connectivity index (χ3n) is 2.24. The molecule has 0 aliphatic heterocycles. The van der Waals surface area contributed by atoms with E-state index in [4.69, 9.17) is 0 Å². The molecule has 2 rings (SSSR count). The molecule has 0 atom stereocenters. The number of hydrogen-bond acceptors (Lipinski definition) is 1. The first-order valence-electron chi connectivity index (χ1n) is 4.86. The van der Waals surface area contributed by atoms with Crippen LogP contribution in [0.5, 0.6) is 0 Å². The van der Waals surface area contributed by atoms with Gasteiger partial charge in [0.1, 0.15) is 0 Å². The molecule has 76 valence electrons. The van der Waals surface area contributed by atoms with Crippen LogP contribution in [0.1, 0.15) is 11.4 Å². The second-order valence-corrected chi connectivity index (χ2v) is 4.56. The van der Waals surface area contributed by atoms with Crippen LogP contribution in [0.15, 0.2) is 40.9 Å². The SMILES string of the molecule is Cc1cc(-c2cccc(Br)c2)cc(C)n1. The van der Waals surface area contributed by atoms with Crippen molar-refractivity contribution in [1.29, 1.82) is 0 Å². The van der Waals surface area contributed by atoms with Gasteiger partial charge in [0, 0.05) is 15.9 Å². The highest BCUT2D eigenvalue weighted by Crippen LogP contribution is 2.23. The molecule has 1 heterocycles. The number of aryl methyl sites for hydroxylation is 2. The highest BCUT2D eigenvalue weighted by Gasteiger charge is 2.00. The molecule has 0 saturated carbocycles. The Bertz CT molecular complexity index is 471. The lowest BCUT2D eigenvalue weighted by Gasteiger charge is -2.04. The van der Waals surface area contributed by atoms with Crippen LogP contribution in [0, 0.1) is 13.8 Å². The number of benzene rings is 1. The van der Waals surface area contributed by atoms with Gasteiger partial charge in [0.15, 0.2) is 0 Å². The summed E-state index contributed by atoms with van der Waals surface area (Å²) in [6.45, 7) is 4.04. The zero-order chi connectivity index (χ0) is 10.8. The monoisotopic (exact) mass is 261 g/mol. The lowest BCUT2D eigenvalue weighted by molar-refractivity contribution is 1.12. The molecule has 1 aromatic heterocycles. The molecule has 1 aromatic carbocycles. The van der Waals surface area contributed by atoms with Gasteiger partial charge in [0.2, 0.25) is 0 Å². The molecule has 2 aromatic rings. The molecule has 2 heteroatoms. The Hall–Kier alpha value is -1.15.